The fourth-order valence-corrected chi connectivity index (χ4v) is 2.43. The van der Waals surface area contributed by atoms with Crippen molar-refractivity contribution in [3.63, 3.8) is 0 Å². The highest BCUT2D eigenvalue weighted by Crippen LogP contribution is 2.32. The lowest BCUT2D eigenvalue weighted by Crippen LogP contribution is -2.33. The number of benzene rings is 1. The minimum Gasteiger partial charge on any atom is -0.391 e. The first-order valence-corrected chi connectivity index (χ1v) is 7.20. The summed E-state index contributed by atoms with van der Waals surface area (Å²) in [5.41, 5.74) is 0.906. The highest BCUT2D eigenvalue weighted by Gasteiger charge is 2.29. The van der Waals surface area contributed by atoms with E-state index in [1.807, 2.05) is 6.07 Å². The SMILES string of the molecule is O=C(CCc1ccc(Cl)cc1Cl)NCC(O)C1CC1. The van der Waals surface area contributed by atoms with E-state index in [0.717, 1.165) is 18.4 Å². The van der Waals surface area contributed by atoms with Crippen molar-refractivity contribution in [3.8, 4) is 0 Å². The molecule has 0 aromatic heterocycles. The number of aliphatic hydroxyl groups excluding tert-OH is 1. The maximum absolute atomic E-state index is 11.7. The Balaban J connectivity index is 1.73. The van der Waals surface area contributed by atoms with Crippen LogP contribution in [0.25, 0.3) is 0 Å². The van der Waals surface area contributed by atoms with Gasteiger partial charge >= 0.3 is 0 Å². The Morgan fingerprint density at radius 3 is 2.79 bits per heavy atom. The first-order valence-electron chi connectivity index (χ1n) is 6.45. The van der Waals surface area contributed by atoms with E-state index in [1.165, 1.54) is 0 Å². The molecule has 1 amide bonds. The molecular formula is C14H17Cl2NO2. The van der Waals surface area contributed by atoms with Crippen molar-refractivity contribution >= 4 is 29.1 Å². The lowest BCUT2D eigenvalue weighted by atomic mass is 10.1. The van der Waals surface area contributed by atoms with Crippen molar-refractivity contribution in [1.82, 2.24) is 5.32 Å². The number of aliphatic hydroxyl groups is 1. The summed E-state index contributed by atoms with van der Waals surface area (Å²) >= 11 is 11.8. The van der Waals surface area contributed by atoms with Crippen molar-refractivity contribution in [2.45, 2.75) is 31.8 Å². The molecule has 1 aliphatic rings. The molecule has 19 heavy (non-hydrogen) atoms. The summed E-state index contributed by atoms with van der Waals surface area (Å²) in [5.74, 6) is 0.316. The standard InChI is InChI=1S/C14H17Cl2NO2/c15-11-5-3-9(12(16)7-11)4-6-14(19)17-8-13(18)10-1-2-10/h3,5,7,10,13,18H,1-2,4,6,8H2,(H,17,19). The van der Waals surface area contributed by atoms with Gasteiger partial charge in [-0.25, -0.2) is 0 Å². The van der Waals surface area contributed by atoms with Crippen LogP contribution in [-0.2, 0) is 11.2 Å². The first kappa shape index (κ1) is 14.6. The summed E-state index contributed by atoms with van der Waals surface area (Å²) in [6.45, 7) is 0.345. The molecule has 0 saturated heterocycles. The first-order chi connectivity index (χ1) is 9.06. The maximum Gasteiger partial charge on any atom is 0.220 e. The van der Waals surface area contributed by atoms with E-state index in [1.54, 1.807) is 12.1 Å². The molecule has 0 bridgehead atoms. The van der Waals surface area contributed by atoms with Gasteiger partial charge in [0.15, 0.2) is 0 Å². The summed E-state index contributed by atoms with van der Waals surface area (Å²) in [6.07, 6.45) is 2.66. The van der Waals surface area contributed by atoms with Crippen LogP contribution < -0.4 is 5.32 Å². The lowest BCUT2D eigenvalue weighted by Gasteiger charge is -2.11. The number of hydrogen-bond donors (Lipinski definition) is 2. The smallest absolute Gasteiger partial charge is 0.220 e. The fourth-order valence-electron chi connectivity index (χ4n) is 1.93. The Hall–Kier alpha value is -0.770. The fraction of sp³-hybridized carbons (Fsp3) is 0.500. The normalized spacial score (nSPS) is 16.2. The topological polar surface area (TPSA) is 49.3 Å². The highest BCUT2D eigenvalue weighted by atomic mass is 35.5. The average molecular weight is 302 g/mol. The predicted octanol–water partition coefficient (Wildman–Crippen LogP) is 2.81. The molecule has 0 aliphatic heterocycles. The Bertz CT molecular complexity index is 461. The molecule has 1 aliphatic carbocycles. The minimum absolute atomic E-state index is 0.0642. The van der Waals surface area contributed by atoms with Gasteiger partial charge in [0.25, 0.3) is 0 Å². The van der Waals surface area contributed by atoms with E-state index < -0.39 is 6.10 Å². The van der Waals surface area contributed by atoms with Crippen molar-refractivity contribution in [2.75, 3.05) is 6.54 Å². The number of carbonyl (C=O) groups is 1. The zero-order chi connectivity index (χ0) is 13.8. The van der Waals surface area contributed by atoms with Crippen LogP contribution in [0, 0.1) is 5.92 Å². The van der Waals surface area contributed by atoms with Gasteiger partial charge in [0.05, 0.1) is 6.10 Å². The third-order valence-electron chi connectivity index (χ3n) is 3.31. The van der Waals surface area contributed by atoms with Crippen LogP contribution in [-0.4, -0.2) is 23.7 Å². The zero-order valence-electron chi connectivity index (χ0n) is 10.5. The Morgan fingerprint density at radius 1 is 1.42 bits per heavy atom. The van der Waals surface area contributed by atoms with Gasteiger partial charge in [-0.15, -0.1) is 0 Å². The van der Waals surface area contributed by atoms with Crippen molar-refractivity contribution in [2.24, 2.45) is 5.92 Å². The molecule has 0 heterocycles. The summed E-state index contributed by atoms with van der Waals surface area (Å²) in [7, 11) is 0. The van der Waals surface area contributed by atoms with Crippen LogP contribution in [0.4, 0.5) is 0 Å². The van der Waals surface area contributed by atoms with Crippen LogP contribution in [0.2, 0.25) is 10.0 Å². The minimum atomic E-state index is -0.400. The number of hydrogen-bond acceptors (Lipinski definition) is 2. The van der Waals surface area contributed by atoms with Gasteiger partial charge in [-0.05, 0) is 42.9 Å². The van der Waals surface area contributed by atoms with E-state index in [-0.39, 0.29) is 5.91 Å². The van der Waals surface area contributed by atoms with Gasteiger partial charge in [0, 0.05) is 23.0 Å². The zero-order valence-corrected chi connectivity index (χ0v) is 12.0. The van der Waals surface area contributed by atoms with E-state index in [2.05, 4.69) is 5.32 Å². The number of carbonyl (C=O) groups excluding carboxylic acids is 1. The second-order valence-electron chi connectivity index (χ2n) is 4.94. The highest BCUT2D eigenvalue weighted by molar-refractivity contribution is 6.35. The molecule has 1 fully saturated rings. The molecule has 5 heteroatoms. The van der Waals surface area contributed by atoms with Gasteiger partial charge in [-0.3, -0.25) is 4.79 Å². The summed E-state index contributed by atoms with van der Waals surface area (Å²) in [5, 5.41) is 13.6. The van der Waals surface area contributed by atoms with Gasteiger partial charge < -0.3 is 10.4 Å². The molecular weight excluding hydrogens is 285 g/mol. The largest absolute Gasteiger partial charge is 0.391 e. The van der Waals surface area contributed by atoms with Gasteiger partial charge in [0.2, 0.25) is 5.91 Å². The van der Waals surface area contributed by atoms with E-state index in [9.17, 15) is 9.90 Å². The van der Waals surface area contributed by atoms with E-state index >= 15 is 0 Å². The number of rotatable bonds is 6. The number of amides is 1. The number of halogens is 2. The van der Waals surface area contributed by atoms with Gasteiger partial charge in [0.1, 0.15) is 0 Å². The molecule has 1 saturated carbocycles. The average Bonchev–Trinajstić information content (AvgIpc) is 3.19. The molecule has 0 spiro atoms. The van der Waals surface area contributed by atoms with Crippen LogP contribution in [0.3, 0.4) is 0 Å². The van der Waals surface area contributed by atoms with Crippen LogP contribution in [0.15, 0.2) is 18.2 Å². The molecule has 2 rings (SSSR count). The molecule has 1 aromatic rings. The van der Waals surface area contributed by atoms with Gasteiger partial charge in [-0.1, -0.05) is 29.3 Å². The quantitative estimate of drug-likeness (QED) is 0.849. The van der Waals surface area contributed by atoms with E-state index in [0.29, 0.717) is 35.3 Å². The summed E-state index contributed by atoms with van der Waals surface area (Å²) < 4.78 is 0. The number of aryl methyl sites for hydroxylation is 1. The third kappa shape index (κ3) is 4.68. The third-order valence-corrected chi connectivity index (χ3v) is 3.90. The monoisotopic (exact) mass is 301 g/mol. The van der Waals surface area contributed by atoms with Gasteiger partial charge in [-0.2, -0.15) is 0 Å². The Morgan fingerprint density at radius 2 is 2.16 bits per heavy atom. The lowest BCUT2D eigenvalue weighted by molar-refractivity contribution is -0.121. The number of nitrogens with one attached hydrogen (secondary N) is 1. The summed E-state index contributed by atoms with van der Waals surface area (Å²) in [6, 6.07) is 5.27. The van der Waals surface area contributed by atoms with Crippen molar-refractivity contribution in [3.05, 3.63) is 33.8 Å². The molecule has 104 valence electrons. The molecule has 1 atom stereocenters. The van der Waals surface area contributed by atoms with Crippen LogP contribution in [0.5, 0.6) is 0 Å². The maximum atomic E-state index is 11.7. The van der Waals surface area contributed by atoms with Crippen molar-refractivity contribution < 1.29 is 9.90 Å². The molecule has 1 aromatic carbocycles. The Kier molecular flexibility index (Phi) is 5.08. The predicted molar refractivity (Wildman–Crippen MR) is 76.5 cm³/mol. The molecule has 0 radical (unpaired) electrons. The second-order valence-corrected chi connectivity index (χ2v) is 5.79. The molecule has 2 N–H and O–H groups in total. The van der Waals surface area contributed by atoms with E-state index in [4.69, 9.17) is 23.2 Å². The summed E-state index contributed by atoms with van der Waals surface area (Å²) in [4.78, 5) is 11.7. The Labute approximate surface area is 122 Å². The second kappa shape index (κ2) is 6.60. The van der Waals surface area contributed by atoms with Crippen LogP contribution >= 0.6 is 23.2 Å². The van der Waals surface area contributed by atoms with Crippen molar-refractivity contribution in [1.29, 1.82) is 0 Å². The molecule has 1 unspecified atom stereocenters. The van der Waals surface area contributed by atoms with Crippen LogP contribution in [0.1, 0.15) is 24.8 Å². The molecule has 3 nitrogen and oxygen atoms in total.